The highest BCUT2D eigenvalue weighted by molar-refractivity contribution is 5.83. The average molecular weight is 263 g/mol. The number of nitrogens with one attached hydrogen (secondary N) is 1. The van der Waals surface area contributed by atoms with Gasteiger partial charge in [-0.25, -0.2) is 0 Å². The number of carbonyl (C=O) groups excluding carboxylic acids is 1. The molecule has 0 aliphatic rings. The largest absolute Gasteiger partial charge is 0.480 e. The summed E-state index contributed by atoms with van der Waals surface area (Å²) in [5.74, 6) is -1.18. The van der Waals surface area contributed by atoms with E-state index in [1.54, 1.807) is 0 Å². The molecule has 1 unspecified atom stereocenters. The molecule has 0 aliphatic heterocycles. The van der Waals surface area contributed by atoms with Crippen LogP contribution in [0.25, 0.3) is 0 Å². The molecule has 4 nitrogen and oxygen atoms in total. The van der Waals surface area contributed by atoms with Crippen LogP contribution >= 0.6 is 0 Å². The van der Waals surface area contributed by atoms with Crippen molar-refractivity contribution in [3.8, 4) is 0 Å². The maximum atomic E-state index is 11.7. The Bertz CT molecular complexity index is 439. The summed E-state index contributed by atoms with van der Waals surface area (Å²) >= 11 is 0. The van der Waals surface area contributed by atoms with Gasteiger partial charge in [-0.1, -0.05) is 38.1 Å². The zero-order valence-corrected chi connectivity index (χ0v) is 11.6. The van der Waals surface area contributed by atoms with Crippen molar-refractivity contribution < 1.29 is 14.7 Å². The van der Waals surface area contributed by atoms with Gasteiger partial charge < -0.3 is 10.4 Å². The first kappa shape index (κ1) is 15.2. The fourth-order valence-corrected chi connectivity index (χ4v) is 1.84. The van der Waals surface area contributed by atoms with Gasteiger partial charge in [-0.15, -0.1) is 0 Å². The van der Waals surface area contributed by atoms with Crippen molar-refractivity contribution in [2.75, 3.05) is 0 Å². The Hall–Kier alpha value is -1.84. The first-order valence-electron chi connectivity index (χ1n) is 6.55. The number of carboxylic acid groups (broad SMARTS) is 1. The maximum Gasteiger partial charge on any atom is 0.325 e. The van der Waals surface area contributed by atoms with Gasteiger partial charge in [-0.05, 0) is 30.4 Å². The van der Waals surface area contributed by atoms with Gasteiger partial charge in [-0.2, -0.15) is 0 Å². The van der Waals surface area contributed by atoms with Crippen LogP contribution in [0.1, 0.15) is 44.2 Å². The molecule has 0 aliphatic carbocycles. The van der Waals surface area contributed by atoms with Gasteiger partial charge in [0.05, 0.1) is 0 Å². The molecule has 0 saturated heterocycles. The molecule has 2 N–H and O–H groups in total. The second kappa shape index (κ2) is 6.92. The van der Waals surface area contributed by atoms with E-state index in [0.29, 0.717) is 6.42 Å². The highest BCUT2D eigenvalue weighted by atomic mass is 16.4. The second-order valence-electron chi connectivity index (χ2n) is 4.83. The molecule has 0 heterocycles. The molecule has 0 fully saturated rings. The Labute approximate surface area is 113 Å². The number of aryl methyl sites for hydroxylation is 1. The third kappa shape index (κ3) is 4.73. The van der Waals surface area contributed by atoms with E-state index >= 15 is 0 Å². The van der Waals surface area contributed by atoms with Gasteiger partial charge in [-0.3, -0.25) is 9.59 Å². The van der Waals surface area contributed by atoms with E-state index in [4.69, 9.17) is 5.11 Å². The minimum absolute atomic E-state index is 0.0758. The van der Waals surface area contributed by atoms with Crippen molar-refractivity contribution >= 4 is 11.9 Å². The van der Waals surface area contributed by atoms with Crippen LogP contribution in [0.15, 0.2) is 24.3 Å². The van der Waals surface area contributed by atoms with Crippen LogP contribution < -0.4 is 5.32 Å². The fourth-order valence-electron chi connectivity index (χ4n) is 1.84. The normalized spacial score (nSPS) is 13.6. The summed E-state index contributed by atoms with van der Waals surface area (Å²) in [4.78, 5) is 22.3. The Morgan fingerprint density at radius 3 is 2.26 bits per heavy atom. The lowest BCUT2D eigenvalue weighted by atomic mass is 9.96. The number of benzene rings is 1. The van der Waals surface area contributed by atoms with Crippen molar-refractivity contribution in [2.45, 2.75) is 45.6 Å². The van der Waals surface area contributed by atoms with Crippen molar-refractivity contribution in [3.05, 3.63) is 35.4 Å². The quantitative estimate of drug-likeness (QED) is 0.827. The highest BCUT2D eigenvalue weighted by Crippen LogP contribution is 2.19. The first-order chi connectivity index (χ1) is 8.93. The van der Waals surface area contributed by atoms with Gasteiger partial charge in [0.15, 0.2) is 0 Å². The van der Waals surface area contributed by atoms with Crippen LogP contribution in [-0.2, 0) is 16.0 Å². The zero-order chi connectivity index (χ0) is 14.4. The van der Waals surface area contributed by atoms with Crippen LogP contribution in [0.2, 0.25) is 0 Å². The monoisotopic (exact) mass is 263 g/mol. The van der Waals surface area contributed by atoms with E-state index in [9.17, 15) is 9.59 Å². The second-order valence-corrected chi connectivity index (χ2v) is 4.83. The lowest BCUT2D eigenvalue weighted by Crippen LogP contribution is -2.38. The van der Waals surface area contributed by atoms with Crippen LogP contribution in [0.5, 0.6) is 0 Å². The van der Waals surface area contributed by atoms with E-state index in [2.05, 4.69) is 24.4 Å². The summed E-state index contributed by atoms with van der Waals surface area (Å²) in [6.45, 7) is 5.52. The third-order valence-electron chi connectivity index (χ3n) is 3.20. The fraction of sp³-hybridized carbons (Fsp3) is 0.467. The molecule has 4 heteroatoms. The number of rotatable bonds is 6. The van der Waals surface area contributed by atoms with Crippen LogP contribution in [0.3, 0.4) is 0 Å². The number of aliphatic carboxylic acids is 1. The Balaban J connectivity index is 2.56. The zero-order valence-electron chi connectivity index (χ0n) is 11.6. The molecule has 0 radical (unpaired) electrons. The summed E-state index contributed by atoms with van der Waals surface area (Å²) in [5.41, 5.74) is 2.36. The highest BCUT2D eigenvalue weighted by Gasteiger charge is 2.16. The first-order valence-corrected chi connectivity index (χ1v) is 6.55. The predicted octanol–water partition coefficient (Wildman–Crippen LogP) is 2.33. The van der Waals surface area contributed by atoms with Gasteiger partial charge in [0.2, 0.25) is 5.91 Å². The van der Waals surface area contributed by atoms with Gasteiger partial charge >= 0.3 is 5.97 Å². The van der Waals surface area contributed by atoms with Crippen molar-refractivity contribution in [3.63, 3.8) is 0 Å². The predicted molar refractivity (Wildman–Crippen MR) is 74.1 cm³/mol. The van der Waals surface area contributed by atoms with Crippen molar-refractivity contribution in [2.24, 2.45) is 0 Å². The van der Waals surface area contributed by atoms with Crippen LogP contribution in [0.4, 0.5) is 0 Å². The average Bonchev–Trinajstić information content (AvgIpc) is 2.38. The Morgan fingerprint density at radius 2 is 1.79 bits per heavy atom. The molecule has 1 aromatic rings. The van der Waals surface area contributed by atoms with Gasteiger partial charge in [0.25, 0.3) is 0 Å². The lowest BCUT2D eigenvalue weighted by Gasteiger charge is -2.14. The van der Waals surface area contributed by atoms with Crippen molar-refractivity contribution in [1.29, 1.82) is 0 Å². The van der Waals surface area contributed by atoms with Crippen molar-refractivity contribution in [1.82, 2.24) is 5.32 Å². The van der Waals surface area contributed by atoms with E-state index in [0.717, 1.165) is 12.0 Å². The molecule has 1 amide bonds. The van der Waals surface area contributed by atoms with Crippen LogP contribution in [-0.4, -0.2) is 23.0 Å². The standard InChI is InChI=1S/C15H21NO3/c1-4-12-5-7-13(8-6-12)10(2)9-14(17)16-11(3)15(18)19/h5-8,10-11H,4,9H2,1-3H3,(H,16,17)(H,18,19)/t10?,11-/m0/s1. The van der Waals surface area contributed by atoms with Gasteiger partial charge in [0.1, 0.15) is 6.04 Å². The topological polar surface area (TPSA) is 66.4 Å². The van der Waals surface area contributed by atoms with Crippen LogP contribution in [0, 0.1) is 0 Å². The van der Waals surface area contributed by atoms with E-state index in [1.165, 1.54) is 12.5 Å². The van der Waals surface area contributed by atoms with E-state index < -0.39 is 12.0 Å². The maximum absolute atomic E-state index is 11.7. The minimum atomic E-state index is -1.02. The number of amides is 1. The molecule has 0 aromatic heterocycles. The Morgan fingerprint density at radius 1 is 1.21 bits per heavy atom. The number of hydrogen-bond acceptors (Lipinski definition) is 2. The molecule has 19 heavy (non-hydrogen) atoms. The molecule has 0 bridgehead atoms. The smallest absolute Gasteiger partial charge is 0.325 e. The summed E-state index contributed by atoms with van der Waals surface area (Å²) in [6.07, 6.45) is 1.29. The number of hydrogen-bond donors (Lipinski definition) is 2. The number of carboxylic acids is 1. The lowest BCUT2D eigenvalue weighted by molar-refractivity contribution is -0.141. The number of carbonyl (C=O) groups is 2. The molecule has 1 aromatic carbocycles. The molecular weight excluding hydrogens is 242 g/mol. The van der Waals surface area contributed by atoms with Gasteiger partial charge in [0, 0.05) is 6.42 Å². The Kier molecular flexibility index (Phi) is 5.55. The summed E-state index contributed by atoms with van der Waals surface area (Å²) in [6, 6.07) is 7.32. The van der Waals surface area contributed by atoms with E-state index in [1.807, 2.05) is 19.1 Å². The summed E-state index contributed by atoms with van der Waals surface area (Å²) < 4.78 is 0. The third-order valence-corrected chi connectivity index (χ3v) is 3.20. The summed E-state index contributed by atoms with van der Waals surface area (Å²) in [7, 11) is 0. The SMILES string of the molecule is CCc1ccc(C(C)CC(=O)N[C@@H](C)C(=O)O)cc1. The molecule has 1 rings (SSSR count). The minimum Gasteiger partial charge on any atom is -0.480 e. The molecule has 0 spiro atoms. The van der Waals surface area contributed by atoms with E-state index in [-0.39, 0.29) is 11.8 Å². The molecule has 104 valence electrons. The summed E-state index contributed by atoms with van der Waals surface area (Å²) in [5, 5.41) is 11.2. The molecular formula is C15H21NO3. The molecule has 2 atom stereocenters. The molecule has 0 saturated carbocycles.